The van der Waals surface area contributed by atoms with E-state index in [0.29, 0.717) is 12.3 Å². The largest absolute Gasteiger partial charge is 0.550 e. The average molecular weight is 342 g/mol. The van der Waals surface area contributed by atoms with E-state index in [1.54, 1.807) is 12.1 Å². The Morgan fingerprint density at radius 1 is 1.12 bits per heavy atom. The maximum Gasteiger partial charge on any atom is 0.228 e. The van der Waals surface area contributed by atoms with Crippen LogP contribution in [0.25, 0.3) is 0 Å². The molecule has 4 atom stereocenters. The molecule has 1 aromatic rings. The summed E-state index contributed by atoms with van der Waals surface area (Å²) in [4.78, 5) is 24.0. The Labute approximate surface area is 148 Å². The molecule has 25 heavy (non-hydrogen) atoms. The molecule has 2 aliphatic rings. The summed E-state index contributed by atoms with van der Waals surface area (Å²) < 4.78 is 5.65. The standard InChI is InChI=1S/C20H25NO4/c1-2-3-4-11-25-16-9-7-15(8-10-16)21-19(22)17-13-5-6-14(12-13)18(17)20(23)24/h5-10,13-14,17-18H,2-4,11-12H2,1H3,(H,21,22)(H,23,24)/p-1/t13-,14-,17+,18+/m1/s1. The summed E-state index contributed by atoms with van der Waals surface area (Å²) in [7, 11) is 0. The first-order valence-corrected chi connectivity index (χ1v) is 9.03. The first-order chi connectivity index (χ1) is 12.1. The van der Waals surface area contributed by atoms with Crippen molar-refractivity contribution in [3.05, 3.63) is 36.4 Å². The lowest BCUT2D eigenvalue weighted by Gasteiger charge is -2.27. The van der Waals surface area contributed by atoms with Crippen molar-refractivity contribution in [1.82, 2.24) is 0 Å². The third-order valence-electron chi connectivity index (χ3n) is 5.17. The van der Waals surface area contributed by atoms with E-state index in [0.717, 1.165) is 31.4 Å². The van der Waals surface area contributed by atoms with Gasteiger partial charge in [-0.1, -0.05) is 31.9 Å². The average Bonchev–Trinajstić information content (AvgIpc) is 3.21. The molecule has 0 aliphatic heterocycles. The summed E-state index contributed by atoms with van der Waals surface area (Å²) in [5.41, 5.74) is 0.648. The van der Waals surface area contributed by atoms with Gasteiger partial charge < -0.3 is 20.0 Å². The van der Waals surface area contributed by atoms with Gasteiger partial charge in [-0.15, -0.1) is 0 Å². The second kappa shape index (κ2) is 7.72. The number of carbonyl (C=O) groups is 2. The van der Waals surface area contributed by atoms with E-state index in [-0.39, 0.29) is 17.7 Å². The Bertz CT molecular complexity index is 652. The maximum atomic E-state index is 12.6. The van der Waals surface area contributed by atoms with Crippen LogP contribution in [0.15, 0.2) is 36.4 Å². The van der Waals surface area contributed by atoms with Crippen LogP contribution in [0.1, 0.15) is 32.6 Å². The molecule has 2 aliphatic carbocycles. The van der Waals surface area contributed by atoms with Gasteiger partial charge in [0.05, 0.1) is 12.5 Å². The summed E-state index contributed by atoms with van der Waals surface area (Å²) in [6.45, 7) is 2.83. The first-order valence-electron chi connectivity index (χ1n) is 9.03. The fraction of sp³-hybridized carbons (Fsp3) is 0.500. The summed E-state index contributed by atoms with van der Waals surface area (Å²) in [6.07, 6.45) is 7.91. The smallest absolute Gasteiger partial charge is 0.228 e. The fourth-order valence-electron chi connectivity index (χ4n) is 3.90. The summed E-state index contributed by atoms with van der Waals surface area (Å²) in [5.74, 6) is -1.97. The lowest BCUT2D eigenvalue weighted by atomic mass is 9.82. The minimum Gasteiger partial charge on any atom is -0.550 e. The van der Waals surface area contributed by atoms with E-state index in [2.05, 4.69) is 12.2 Å². The van der Waals surface area contributed by atoms with Gasteiger partial charge in [-0.3, -0.25) is 4.79 Å². The Morgan fingerprint density at radius 2 is 1.80 bits per heavy atom. The lowest BCUT2D eigenvalue weighted by Crippen LogP contribution is -2.42. The zero-order valence-corrected chi connectivity index (χ0v) is 14.4. The van der Waals surface area contributed by atoms with Gasteiger partial charge in [0.15, 0.2) is 0 Å². The van der Waals surface area contributed by atoms with Crippen molar-refractivity contribution in [2.45, 2.75) is 32.6 Å². The highest BCUT2D eigenvalue weighted by atomic mass is 16.5. The minimum absolute atomic E-state index is 0.00549. The molecule has 0 saturated heterocycles. The van der Waals surface area contributed by atoms with Crippen LogP contribution in [0.4, 0.5) is 5.69 Å². The molecule has 1 aromatic carbocycles. The number of carboxylic acid groups (broad SMARTS) is 1. The fourth-order valence-corrected chi connectivity index (χ4v) is 3.90. The molecule has 5 heteroatoms. The molecule has 1 saturated carbocycles. The van der Waals surface area contributed by atoms with Crippen molar-refractivity contribution >= 4 is 17.6 Å². The van der Waals surface area contributed by atoms with Crippen molar-refractivity contribution in [1.29, 1.82) is 0 Å². The molecule has 3 rings (SSSR count). The van der Waals surface area contributed by atoms with E-state index in [1.807, 2.05) is 24.3 Å². The number of benzene rings is 1. The molecule has 2 bridgehead atoms. The number of unbranched alkanes of at least 4 members (excludes halogenated alkanes) is 2. The third-order valence-corrected chi connectivity index (χ3v) is 5.17. The number of aliphatic carboxylic acids is 1. The molecular formula is C20H24NO4-. The normalized spacial score (nSPS) is 26.6. The molecule has 134 valence electrons. The quantitative estimate of drug-likeness (QED) is 0.581. The number of allylic oxidation sites excluding steroid dienone is 2. The van der Waals surface area contributed by atoms with E-state index >= 15 is 0 Å². The van der Waals surface area contributed by atoms with Crippen LogP contribution >= 0.6 is 0 Å². The predicted octanol–water partition coefficient (Wildman–Crippen LogP) is 2.38. The summed E-state index contributed by atoms with van der Waals surface area (Å²) in [6, 6.07) is 7.20. The van der Waals surface area contributed by atoms with Gasteiger partial charge in [-0.25, -0.2) is 0 Å². The predicted molar refractivity (Wildman–Crippen MR) is 92.8 cm³/mol. The van der Waals surface area contributed by atoms with Crippen LogP contribution in [-0.4, -0.2) is 18.5 Å². The van der Waals surface area contributed by atoms with Gasteiger partial charge in [0.1, 0.15) is 5.75 Å². The van der Waals surface area contributed by atoms with Gasteiger partial charge in [-0.05, 0) is 48.9 Å². The monoisotopic (exact) mass is 342 g/mol. The number of amides is 1. The van der Waals surface area contributed by atoms with Crippen LogP contribution in [0, 0.1) is 23.7 Å². The zero-order chi connectivity index (χ0) is 17.8. The topological polar surface area (TPSA) is 78.5 Å². The number of anilines is 1. The molecule has 0 spiro atoms. The second-order valence-corrected chi connectivity index (χ2v) is 6.89. The number of carbonyl (C=O) groups excluding carboxylic acids is 2. The highest BCUT2D eigenvalue weighted by molar-refractivity contribution is 5.96. The SMILES string of the molecule is CCCCCOc1ccc(NC(=O)[C@@H]2[C@@H](C(=O)[O-])[C@@H]3C=C[C@@H]2C3)cc1. The van der Waals surface area contributed by atoms with Gasteiger partial charge in [0.25, 0.3) is 0 Å². The minimum atomic E-state index is -1.13. The van der Waals surface area contributed by atoms with Gasteiger partial charge in [0.2, 0.25) is 5.91 Å². The van der Waals surface area contributed by atoms with Gasteiger partial charge >= 0.3 is 0 Å². The van der Waals surface area contributed by atoms with Crippen LogP contribution in [0.5, 0.6) is 5.75 Å². The van der Waals surface area contributed by atoms with Crippen molar-refractivity contribution < 1.29 is 19.4 Å². The second-order valence-electron chi connectivity index (χ2n) is 6.89. The molecule has 1 N–H and O–H groups in total. The number of hydrogen-bond donors (Lipinski definition) is 1. The van der Waals surface area contributed by atoms with E-state index in [1.165, 1.54) is 0 Å². The van der Waals surface area contributed by atoms with Gasteiger partial charge in [0, 0.05) is 17.6 Å². The highest BCUT2D eigenvalue weighted by Crippen LogP contribution is 2.48. The Morgan fingerprint density at radius 3 is 2.44 bits per heavy atom. The Hall–Kier alpha value is -2.30. The van der Waals surface area contributed by atoms with Crippen molar-refractivity contribution in [2.24, 2.45) is 23.7 Å². The third kappa shape index (κ3) is 3.86. The molecule has 0 aromatic heterocycles. The first kappa shape index (κ1) is 17.5. The van der Waals surface area contributed by atoms with Crippen molar-refractivity contribution in [3.8, 4) is 5.75 Å². The molecule has 0 heterocycles. The Kier molecular flexibility index (Phi) is 5.41. The number of hydrogen-bond acceptors (Lipinski definition) is 4. The van der Waals surface area contributed by atoms with Crippen LogP contribution in [0.2, 0.25) is 0 Å². The molecule has 0 radical (unpaired) electrons. The summed E-state index contributed by atoms with van der Waals surface area (Å²) >= 11 is 0. The van der Waals surface area contributed by atoms with Gasteiger partial charge in [-0.2, -0.15) is 0 Å². The van der Waals surface area contributed by atoms with E-state index in [4.69, 9.17) is 4.74 Å². The number of ether oxygens (including phenoxy) is 1. The lowest BCUT2D eigenvalue weighted by molar-refractivity contribution is -0.313. The van der Waals surface area contributed by atoms with Crippen LogP contribution < -0.4 is 15.2 Å². The van der Waals surface area contributed by atoms with Crippen LogP contribution in [0.3, 0.4) is 0 Å². The van der Waals surface area contributed by atoms with E-state index in [9.17, 15) is 14.7 Å². The van der Waals surface area contributed by atoms with Crippen LogP contribution in [-0.2, 0) is 9.59 Å². The maximum absolute atomic E-state index is 12.6. The number of fused-ring (bicyclic) bond motifs is 2. The molecular weight excluding hydrogens is 318 g/mol. The molecule has 1 fully saturated rings. The Balaban J connectivity index is 1.58. The van der Waals surface area contributed by atoms with Crippen molar-refractivity contribution in [3.63, 3.8) is 0 Å². The number of nitrogens with one attached hydrogen (secondary N) is 1. The van der Waals surface area contributed by atoms with E-state index < -0.39 is 17.8 Å². The number of rotatable bonds is 8. The highest BCUT2D eigenvalue weighted by Gasteiger charge is 2.48. The molecule has 1 amide bonds. The molecule has 0 unspecified atom stereocenters. The number of carboxylic acids is 1. The van der Waals surface area contributed by atoms with Crippen molar-refractivity contribution in [2.75, 3.05) is 11.9 Å². The summed E-state index contributed by atoms with van der Waals surface area (Å²) in [5, 5.41) is 14.2. The molecule has 5 nitrogen and oxygen atoms in total. The zero-order valence-electron chi connectivity index (χ0n) is 14.4.